The molecule has 0 saturated carbocycles. The van der Waals surface area contributed by atoms with Gasteiger partial charge in [-0.1, -0.05) is 39.8 Å². The minimum absolute atomic E-state index is 0.0420. The van der Waals surface area contributed by atoms with Gasteiger partial charge in [0.2, 0.25) is 0 Å². The summed E-state index contributed by atoms with van der Waals surface area (Å²) in [4.78, 5) is 0. The van der Waals surface area contributed by atoms with Crippen LogP contribution >= 0.6 is 0 Å². The molecule has 0 bridgehead atoms. The van der Waals surface area contributed by atoms with Gasteiger partial charge in [-0.15, -0.1) is 0 Å². The average Bonchev–Trinajstić information content (AvgIpc) is 2.91. The van der Waals surface area contributed by atoms with Gasteiger partial charge in [-0.2, -0.15) is 0 Å². The van der Waals surface area contributed by atoms with E-state index in [0.29, 0.717) is 13.2 Å². The van der Waals surface area contributed by atoms with Crippen LogP contribution in [0.1, 0.15) is 50.1 Å². The molecule has 1 aromatic carbocycles. The Kier molecular flexibility index (Phi) is 4.73. The van der Waals surface area contributed by atoms with Crippen LogP contribution in [-0.4, -0.2) is 0 Å². The third-order valence-corrected chi connectivity index (χ3v) is 3.68. The Morgan fingerprint density at radius 1 is 1.19 bits per heavy atom. The van der Waals surface area contributed by atoms with Crippen molar-refractivity contribution in [3.05, 3.63) is 53.0 Å². The number of hydrogen-bond donors (Lipinski definition) is 1. The standard InChI is InChI=1S/C18H25NO2/c1-5-13-6-7-16(15(10-13)18(2,3)4)21-12-17-14(11-19)8-9-20-17/h6-10H,5,11-12,19H2,1-4H3. The van der Waals surface area contributed by atoms with Crippen molar-refractivity contribution in [3.8, 4) is 5.75 Å². The molecule has 3 heteroatoms. The Morgan fingerprint density at radius 3 is 2.57 bits per heavy atom. The normalized spacial score (nSPS) is 11.7. The molecule has 0 fully saturated rings. The molecule has 0 unspecified atom stereocenters. The lowest BCUT2D eigenvalue weighted by Gasteiger charge is -2.23. The molecule has 0 aliphatic carbocycles. The first kappa shape index (κ1) is 15.6. The largest absolute Gasteiger partial charge is 0.485 e. The van der Waals surface area contributed by atoms with Crippen LogP contribution in [0.4, 0.5) is 0 Å². The quantitative estimate of drug-likeness (QED) is 0.897. The predicted molar refractivity (Wildman–Crippen MR) is 85.5 cm³/mol. The lowest BCUT2D eigenvalue weighted by atomic mass is 9.85. The maximum Gasteiger partial charge on any atom is 0.146 e. The zero-order valence-electron chi connectivity index (χ0n) is 13.4. The molecule has 0 aliphatic rings. The Bertz CT molecular complexity index is 594. The van der Waals surface area contributed by atoms with Gasteiger partial charge in [-0.25, -0.2) is 0 Å². The SMILES string of the molecule is CCc1ccc(OCc2occc2CN)c(C(C)(C)C)c1. The fourth-order valence-corrected chi connectivity index (χ4v) is 2.33. The zero-order chi connectivity index (χ0) is 15.5. The lowest BCUT2D eigenvalue weighted by molar-refractivity contribution is 0.262. The van der Waals surface area contributed by atoms with Crippen LogP contribution in [0.15, 0.2) is 34.9 Å². The molecular formula is C18H25NO2. The number of aryl methyl sites for hydroxylation is 1. The van der Waals surface area contributed by atoms with Gasteiger partial charge in [0, 0.05) is 12.1 Å². The number of furan rings is 1. The first-order valence-corrected chi connectivity index (χ1v) is 7.47. The molecule has 2 aromatic rings. The molecule has 2 rings (SSSR count). The van der Waals surface area contributed by atoms with Gasteiger partial charge < -0.3 is 14.9 Å². The van der Waals surface area contributed by atoms with Crippen LogP contribution in [0.25, 0.3) is 0 Å². The van der Waals surface area contributed by atoms with E-state index in [1.807, 2.05) is 6.07 Å². The Hall–Kier alpha value is -1.74. The second kappa shape index (κ2) is 6.35. The third kappa shape index (κ3) is 3.67. The molecule has 1 heterocycles. The highest BCUT2D eigenvalue weighted by Gasteiger charge is 2.20. The fraction of sp³-hybridized carbons (Fsp3) is 0.444. The van der Waals surface area contributed by atoms with Gasteiger partial charge in [0.15, 0.2) is 0 Å². The predicted octanol–water partition coefficient (Wildman–Crippen LogP) is 4.18. The maximum atomic E-state index is 6.00. The van der Waals surface area contributed by atoms with E-state index < -0.39 is 0 Å². The maximum absolute atomic E-state index is 6.00. The molecule has 0 spiro atoms. The van der Waals surface area contributed by atoms with Crippen molar-refractivity contribution in [2.45, 2.75) is 52.7 Å². The van der Waals surface area contributed by atoms with E-state index in [4.69, 9.17) is 14.9 Å². The summed E-state index contributed by atoms with van der Waals surface area (Å²) in [5, 5.41) is 0. The lowest BCUT2D eigenvalue weighted by Crippen LogP contribution is -2.14. The monoisotopic (exact) mass is 287 g/mol. The number of rotatable bonds is 5. The highest BCUT2D eigenvalue weighted by molar-refractivity contribution is 5.41. The molecule has 0 atom stereocenters. The topological polar surface area (TPSA) is 48.4 Å². The second-order valence-corrected chi connectivity index (χ2v) is 6.30. The van der Waals surface area contributed by atoms with Gasteiger partial charge in [0.25, 0.3) is 0 Å². The minimum Gasteiger partial charge on any atom is -0.485 e. The van der Waals surface area contributed by atoms with E-state index in [1.54, 1.807) is 6.26 Å². The zero-order valence-corrected chi connectivity index (χ0v) is 13.4. The Balaban J connectivity index is 2.23. The van der Waals surface area contributed by atoms with Crippen molar-refractivity contribution in [3.63, 3.8) is 0 Å². The summed E-state index contributed by atoms with van der Waals surface area (Å²) in [6, 6.07) is 8.31. The van der Waals surface area contributed by atoms with Gasteiger partial charge in [0.1, 0.15) is 18.1 Å². The van der Waals surface area contributed by atoms with E-state index in [2.05, 4.69) is 45.9 Å². The van der Waals surface area contributed by atoms with Crippen molar-refractivity contribution in [2.24, 2.45) is 5.73 Å². The summed E-state index contributed by atoms with van der Waals surface area (Å²) in [7, 11) is 0. The summed E-state index contributed by atoms with van der Waals surface area (Å²) < 4.78 is 11.4. The van der Waals surface area contributed by atoms with E-state index in [0.717, 1.165) is 23.5 Å². The first-order chi connectivity index (χ1) is 9.95. The van der Waals surface area contributed by atoms with Crippen molar-refractivity contribution in [1.82, 2.24) is 0 Å². The first-order valence-electron chi connectivity index (χ1n) is 7.47. The van der Waals surface area contributed by atoms with E-state index in [9.17, 15) is 0 Å². The van der Waals surface area contributed by atoms with Crippen molar-refractivity contribution in [1.29, 1.82) is 0 Å². The van der Waals surface area contributed by atoms with Crippen molar-refractivity contribution in [2.75, 3.05) is 0 Å². The van der Waals surface area contributed by atoms with Crippen LogP contribution in [-0.2, 0) is 25.0 Å². The van der Waals surface area contributed by atoms with Crippen molar-refractivity contribution < 1.29 is 9.15 Å². The second-order valence-electron chi connectivity index (χ2n) is 6.30. The molecule has 1 aromatic heterocycles. The summed E-state index contributed by atoms with van der Waals surface area (Å²) >= 11 is 0. The summed E-state index contributed by atoms with van der Waals surface area (Å²) in [5.74, 6) is 1.72. The minimum atomic E-state index is 0.0420. The van der Waals surface area contributed by atoms with Gasteiger partial charge in [-0.05, 0) is 35.1 Å². The molecule has 0 aliphatic heterocycles. The number of ether oxygens (including phenoxy) is 1. The molecule has 0 amide bonds. The molecule has 0 saturated heterocycles. The molecular weight excluding hydrogens is 262 g/mol. The van der Waals surface area contributed by atoms with Crippen LogP contribution < -0.4 is 10.5 Å². The molecule has 3 nitrogen and oxygen atoms in total. The van der Waals surface area contributed by atoms with Gasteiger partial charge in [0.05, 0.1) is 6.26 Å². The molecule has 114 valence electrons. The smallest absolute Gasteiger partial charge is 0.146 e. The third-order valence-electron chi connectivity index (χ3n) is 3.68. The summed E-state index contributed by atoms with van der Waals surface area (Å²) in [6.45, 7) is 9.65. The molecule has 0 radical (unpaired) electrons. The van der Waals surface area contributed by atoms with Crippen LogP contribution in [0.2, 0.25) is 0 Å². The number of benzene rings is 1. The van der Waals surface area contributed by atoms with Crippen LogP contribution in [0.3, 0.4) is 0 Å². The van der Waals surface area contributed by atoms with Crippen molar-refractivity contribution >= 4 is 0 Å². The molecule has 2 N–H and O–H groups in total. The number of nitrogens with two attached hydrogens (primary N) is 1. The van der Waals surface area contributed by atoms with Crippen LogP contribution in [0, 0.1) is 0 Å². The summed E-state index contributed by atoms with van der Waals surface area (Å²) in [5.41, 5.74) is 9.28. The van der Waals surface area contributed by atoms with E-state index in [-0.39, 0.29) is 5.41 Å². The van der Waals surface area contributed by atoms with E-state index >= 15 is 0 Å². The van der Waals surface area contributed by atoms with Gasteiger partial charge in [-0.3, -0.25) is 0 Å². The Morgan fingerprint density at radius 2 is 1.95 bits per heavy atom. The Labute approximate surface area is 127 Å². The average molecular weight is 287 g/mol. The van der Waals surface area contributed by atoms with E-state index in [1.165, 1.54) is 11.1 Å². The fourth-order valence-electron chi connectivity index (χ4n) is 2.33. The number of hydrogen-bond acceptors (Lipinski definition) is 3. The van der Waals surface area contributed by atoms with Gasteiger partial charge >= 0.3 is 0 Å². The highest BCUT2D eigenvalue weighted by Crippen LogP contribution is 2.33. The van der Waals surface area contributed by atoms with Crippen LogP contribution in [0.5, 0.6) is 5.75 Å². The summed E-state index contributed by atoms with van der Waals surface area (Å²) in [6.07, 6.45) is 2.69. The highest BCUT2D eigenvalue weighted by atomic mass is 16.5. The molecule has 21 heavy (non-hydrogen) atoms.